The summed E-state index contributed by atoms with van der Waals surface area (Å²) in [6.07, 6.45) is 3.13. The molecule has 0 bridgehead atoms. The van der Waals surface area contributed by atoms with E-state index in [0.717, 1.165) is 43.9 Å². The Kier molecular flexibility index (Phi) is 4.98. The number of imide groups is 1. The van der Waals surface area contributed by atoms with Gasteiger partial charge in [0.15, 0.2) is 5.96 Å². The van der Waals surface area contributed by atoms with E-state index in [0.29, 0.717) is 13.0 Å². The van der Waals surface area contributed by atoms with Crippen molar-refractivity contribution >= 4 is 17.9 Å². The summed E-state index contributed by atoms with van der Waals surface area (Å²) >= 11 is 0. The molecule has 2 aliphatic heterocycles. The number of guanidine groups is 1. The minimum absolute atomic E-state index is 0.0780. The fraction of sp³-hybridized carbons (Fsp3) is 0.571. The van der Waals surface area contributed by atoms with Crippen LogP contribution >= 0.6 is 0 Å². The first-order valence-electron chi connectivity index (χ1n) is 10.3. The van der Waals surface area contributed by atoms with Crippen LogP contribution in [0.15, 0.2) is 29.3 Å². The van der Waals surface area contributed by atoms with Crippen LogP contribution in [-0.2, 0) is 16.8 Å². The molecule has 3 aliphatic rings. The molecule has 4 N–H and O–H groups in total. The molecule has 2 atom stereocenters. The van der Waals surface area contributed by atoms with Gasteiger partial charge in [-0.05, 0) is 49.7 Å². The number of nitrogens with one attached hydrogen (secondary N) is 3. The Morgan fingerprint density at radius 2 is 2.03 bits per heavy atom. The van der Waals surface area contributed by atoms with E-state index in [2.05, 4.69) is 31.9 Å². The molecule has 0 saturated carbocycles. The average molecular weight is 399 g/mol. The third-order valence-electron chi connectivity index (χ3n) is 6.76. The number of piperidine rings is 1. The Labute approximate surface area is 170 Å². The van der Waals surface area contributed by atoms with E-state index in [9.17, 15) is 14.7 Å². The van der Waals surface area contributed by atoms with Gasteiger partial charge in [0.25, 0.3) is 5.91 Å². The molecule has 4 rings (SSSR count). The molecular weight excluding hydrogens is 370 g/mol. The van der Waals surface area contributed by atoms with E-state index >= 15 is 0 Å². The Hall–Kier alpha value is -2.61. The number of carbonyl (C=O) groups excluding carboxylic acids is 2. The maximum absolute atomic E-state index is 12.2. The predicted molar refractivity (Wildman–Crippen MR) is 109 cm³/mol. The molecular formula is C21H29N5O3. The van der Waals surface area contributed by atoms with Gasteiger partial charge < -0.3 is 20.6 Å². The monoisotopic (exact) mass is 399 g/mol. The number of carbonyl (C=O) groups is 2. The van der Waals surface area contributed by atoms with Crippen molar-refractivity contribution < 1.29 is 14.7 Å². The van der Waals surface area contributed by atoms with Crippen LogP contribution in [0, 0.1) is 5.92 Å². The molecule has 2 heterocycles. The first-order valence-corrected chi connectivity index (χ1v) is 10.3. The van der Waals surface area contributed by atoms with Gasteiger partial charge in [-0.1, -0.05) is 24.3 Å². The predicted octanol–water partition coefficient (Wildman–Crippen LogP) is 0.706. The van der Waals surface area contributed by atoms with Crippen LogP contribution < -0.4 is 16.0 Å². The largest absolute Gasteiger partial charge is 0.383 e. The first-order chi connectivity index (χ1) is 13.9. The number of fused-ring (bicyclic) bond motifs is 1. The van der Waals surface area contributed by atoms with Crippen LogP contribution in [0.3, 0.4) is 0 Å². The Bertz CT molecular complexity index is 848. The molecule has 2 saturated heterocycles. The van der Waals surface area contributed by atoms with Gasteiger partial charge in [-0.25, -0.2) is 4.79 Å². The number of hydrogen-bond donors (Lipinski definition) is 4. The highest BCUT2D eigenvalue weighted by Gasteiger charge is 2.48. The molecule has 1 aliphatic carbocycles. The van der Waals surface area contributed by atoms with E-state index in [1.54, 1.807) is 14.0 Å². The normalized spacial score (nSPS) is 30.2. The van der Waals surface area contributed by atoms with Gasteiger partial charge >= 0.3 is 6.03 Å². The summed E-state index contributed by atoms with van der Waals surface area (Å²) in [5.41, 5.74) is 0.475. The number of aryl methyl sites for hydroxylation is 1. The lowest BCUT2D eigenvalue weighted by Gasteiger charge is -2.40. The molecule has 0 aromatic heterocycles. The molecule has 0 spiro atoms. The zero-order valence-electron chi connectivity index (χ0n) is 17.0. The summed E-state index contributed by atoms with van der Waals surface area (Å²) in [6.45, 7) is 3.68. The van der Waals surface area contributed by atoms with Gasteiger partial charge in [0.2, 0.25) is 0 Å². The summed E-state index contributed by atoms with van der Waals surface area (Å²) in [4.78, 5) is 30.3. The van der Waals surface area contributed by atoms with Gasteiger partial charge in [0.1, 0.15) is 11.1 Å². The van der Waals surface area contributed by atoms with Crippen LogP contribution in [0.4, 0.5) is 4.79 Å². The van der Waals surface area contributed by atoms with Gasteiger partial charge in [0.05, 0.1) is 6.54 Å². The Balaban J connectivity index is 1.36. The summed E-state index contributed by atoms with van der Waals surface area (Å²) in [7, 11) is 1.74. The molecule has 1 aromatic carbocycles. The number of urea groups is 1. The van der Waals surface area contributed by atoms with Crippen LogP contribution in [0.1, 0.15) is 37.3 Å². The third kappa shape index (κ3) is 3.46. The lowest BCUT2D eigenvalue weighted by atomic mass is 9.79. The summed E-state index contributed by atoms with van der Waals surface area (Å²) < 4.78 is 0. The minimum atomic E-state index is -0.884. The highest BCUT2D eigenvalue weighted by molar-refractivity contribution is 6.07. The van der Waals surface area contributed by atoms with Gasteiger partial charge in [-0.3, -0.25) is 15.1 Å². The fourth-order valence-corrected chi connectivity index (χ4v) is 4.92. The maximum Gasteiger partial charge on any atom is 0.322 e. The molecule has 8 heteroatoms. The average Bonchev–Trinajstić information content (AvgIpc) is 3.19. The molecule has 3 amide bonds. The number of hydrogen-bond acceptors (Lipinski definition) is 4. The van der Waals surface area contributed by atoms with Crippen molar-refractivity contribution in [3.8, 4) is 0 Å². The van der Waals surface area contributed by atoms with Crippen molar-refractivity contribution in [2.75, 3.05) is 26.7 Å². The number of benzene rings is 1. The first kappa shape index (κ1) is 19.7. The van der Waals surface area contributed by atoms with Crippen LogP contribution in [-0.4, -0.2) is 60.1 Å². The lowest BCUT2D eigenvalue weighted by Crippen LogP contribution is -2.56. The fourth-order valence-electron chi connectivity index (χ4n) is 4.92. The number of likely N-dealkylation sites (tertiary alicyclic amines) is 1. The van der Waals surface area contributed by atoms with Crippen molar-refractivity contribution in [3.63, 3.8) is 0 Å². The van der Waals surface area contributed by atoms with E-state index in [1.165, 1.54) is 5.56 Å². The smallest absolute Gasteiger partial charge is 0.322 e. The number of aliphatic imine (C=N–C) groups is 1. The molecule has 1 aromatic rings. The summed E-state index contributed by atoms with van der Waals surface area (Å²) in [5.74, 6) is 0.589. The van der Waals surface area contributed by atoms with Crippen LogP contribution in [0.25, 0.3) is 0 Å². The van der Waals surface area contributed by atoms with Gasteiger partial charge in [-0.2, -0.15) is 0 Å². The van der Waals surface area contributed by atoms with Crippen molar-refractivity contribution in [2.24, 2.45) is 10.9 Å². The van der Waals surface area contributed by atoms with Crippen molar-refractivity contribution in [2.45, 2.75) is 43.7 Å². The summed E-state index contributed by atoms with van der Waals surface area (Å²) in [6, 6.07) is 7.63. The van der Waals surface area contributed by atoms with E-state index in [1.807, 2.05) is 18.2 Å². The Morgan fingerprint density at radius 1 is 1.31 bits per heavy atom. The van der Waals surface area contributed by atoms with E-state index in [4.69, 9.17) is 0 Å². The number of amides is 3. The van der Waals surface area contributed by atoms with E-state index < -0.39 is 17.2 Å². The molecule has 2 unspecified atom stereocenters. The van der Waals surface area contributed by atoms with Crippen molar-refractivity contribution in [1.29, 1.82) is 0 Å². The van der Waals surface area contributed by atoms with Gasteiger partial charge in [0, 0.05) is 20.1 Å². The zero-order valence-corrected chi connectivity index (χ0v) is 17.0. The summed E-state index contributed by atoms with van der Waals surface area (Å²) in [5, 5.41) is 19.6. The number of aliphatic hydroxyl groups is 1. The SMILES string of the molecule is CN=C(NCC1(O)CCc2ccccc21)N1CCC(C2(C)NC(=O)NC2=O)CC1. The second-order valence-electron chi connectivity index (χ2n) is 8.46. The minimum Gasteiger partial charge on any atom is -0.383 e. The molecule has 8 nitrogen and oxygen atoms in total. The molecule has 0 radical (unpaired) electrons. The van der Waals surface area contributed by atoms with Crippen molar-refractivity contribution in [1.82, 2.24) is 20.9 Å². The van der Waals surface area contributed by atoms with Crippen LogP contribution in [0.5, 0.6) is 0 Å². The van der Waals surface area contributed by atoms with Gasteiger partial charge in [-0.15, -0.1) is 0 Å². The Morgan fingerprint density at radius 3 is 2.69 bits per heavy atom. The number of nitrogens with zero attached hydrogens (tertiary/aromatic N) is 2. The lowest BCUT2D eigenvalue weighted by molar-refractivity contribution is -0.125. The molecule has 156 valence electrons. The second kappa shape index (κ2) is 7.33. The zero-order chi connectivity index (χ0) is 20.6. The highest BCUT2D eigenvalue weighted by atomic mass is 16.3. The van der Waals surface area contributed by atoms with Crippen molar-refractivity contribution in [3.05, 3.63) is 35.4 Å². The van der Waals surface area contributed by atoms with Crippen LogP contribution in [0.2, 0.25) is 0 Å². The second-order valence-corrected chi connectivity index (χ2v) is 8.46. The maximum atomic E-state index is 12.2. The third-order valence-corrected chi connectivity index (χ3v) is 6.76. The quantitative estimate of drug-likeness (QED) is 0.340. The standard InChI is InChI=1S/C21H29N5O3/c1-20(17(27)24-19(28)25-20)15-8-11-26(12-9-15)18(22-2)23-13-21(29)10-7-14-5-3-4-6-16(14)21/h3-6,15,29H,7-13H2,1-2H3,(H,22,23)(H2,24,25,27,28). The molecule has 2 fully saturated rings. The van der Waals surface area contributed by atoms with E-state index in [-0.39, 0.29) is 11.8 Å². The topological polar surface area (TPSA) is 106 Å². The number of rotatable bonds is 3. The highest BCUT2D eigenvalue weighted by Crippen LogP contribution is 2.36. The molecule has 29 heavy (non-hydrogen) atoms.